The quantitative estimate of drug-likeness (QED) is 0.280. The zero-order valence-corrected chi connectivity index (χ0v) is 21.0. The van der Waals surface area contributed by atoms with Crippen LogP contribution in [-0.2, 0) is 11.2 Å². The number of thiazole rings is 1. The molecule has 6 nitrogen and oxygen atoms in total. The lowest BCUT2D eigenvalue weighted by molar-refractivity contribution is 0.00395. The van der Waals surface area contributed by atoms with Gasteiger partial charge in [-0.25, -0.2) is 4.98 Å². The number of aromatic nitrogens is 1. The predicted octanol–water partition coefficient (Wildman–Crippen LogP) is 3.30. The second-order valence-corrected chi connectivity index (χ2v) is 8.11. The van der Waals surface area contributed by atoms with Gasteiger partial charge in [0.15, 0.2) is 5.96 Å². The monoisotopic (exact) mass is 523 g/mol. The van der Waals surface area contributed by atoms with Gasteiger partial charge in [0.25, 0.3) is 0 Å². The van der Waals surface area contributed by atoms with E-state index in [4.69, 9.17) is 9.73 Å². The molecule has 1 aromatic heterocycles. The topological polar surface area (TPSA) is 61.8 Å². The minimum Gasteiger partial charge on any atom is -0.379 e. The van der Waals surface area contributed by atoms with E-state index in [0.29, 0.717) is 12.0 Å². The number of hydrogen-bond acceptors (Lipinski definition) is 5. The van der Waals surface area contributed by atoms with Crippen molar-refractivity contribution in [2.45, 2.75) is 53.0 Å². The summed E-state index contributed by atoms with van der Waals surface area (Å²) in [4.78, 5) is 12.0. The summed E-state index contributed by atoms with van der Waals surface area (Å²) in [5.41, 5.74) is 1.16. The lowest BCUT2D eigenvalue weighted by Gasteiger charge is -2.38. The van der Waals surface area contributed by atoms with Crippen LogP contribution in [0.25, 0.3) is 0 Å². The van der Waals surface area contributed by atoms with Gasteiger partial charge in [-0.15, -0.1) is 35.3 Å². The Bertz CT molecular complexity index is 559. The summed E-state index contributed by atoms with van der Waals surface area (Å²) in [7, 11) is 0. The third-order valence-electron chi connectivity index (χ3n) is 5.23. The van der Waals surface area contributed by atoms with E-state index in [1.165, 1.54) is 12.8 Å². The molecule has 1 aliphatic rings. The van der Waals surface area contributed by atoms with Crippen LogP contribution in [0.4, 0.5) is 0 Å². The second-order valence-electron chi connectivity index (χ2n) is 7.05. The van der Waals surface area contributed by atoms with Crippen molar-refractivity contribution < 1.29 is 4.74 Å². The molecule has 0 spiro atoms. The molecule has 1 aliphatic heterocycles. The van der Waals surface area contributed by atoms with Crippen LogP contribution in [0, 0.1) is 12.8 Å². The van der Waals surface area contributed by atoms with Crippen LogP contribution >= 0.6 is 35.3 Å². The highest BCUT2D eigenvalue weighted by Gasteiger charge is 2.26. The Morgan fingerprint density at radius 2 is 1.96 bits per heavy atom. The summed E-state index contributed by atoms with van der Waals surface area (Å²) in [6.07, 6.45) is 3.32. The van der Waals surface area contributed by atoms with Gasteiger partial charge in [0, 0.05) is 44.0 Å². The molecule has 8 heteroatoms. The molecule has 0 saturated carbocycles. The molecule has 2 heterocycles. The number of nitrogens with zero attached hydrogens (tertiary/aromatic N) is 3. The Morgan fingerprint density at radius 1 is 1.25 bits per heavy atom. The highest BCUT2D eigenvalue weighted by Crippen LogP contribution is 2.20. The number of nitrogens with one attached hydrogen (secondary N) is 2. The Labute approximate surface area is 192 Å². The molecular weight excluding hydrogens is 485 g/mol. The Hall–Kier alpha value is -0.450. The summed E-state index contributed by atoms with van der Waals surface area (Å²) in [5.74, 6) is 1.58. The van der Waals surface area contributed by atoms with E-state index in [0.717, 1.165) is 69.0 Å². The molecule has 162 valence electrons. The number of aryl methyl sites for hydroxylation is 1. The van der Waals surface area contributed by atoms with Crippen LogP contribution in [0.1, 0.15) is 44.3 Å². The van der Waals surface area contributed by atoms with Crippen LogP contribution in [0.2, 0.25) is 0 Å². The minimum absolute atomic E-state index is 0. The number of ether oxygens (including phenoxy) is 1. The van der Waals surface area contributed by atoms with Gasteiger partial charge in [0.2, 0.25) is 0 Å². The van der Waals surface area contributed by atoms with Gasteiger partial charge in [-0.2, -0.15) is 0 Å². The maximum atomic E-state index is 5.55. The predicted molar refractivity (Wildman–Crippen MR) is 130 cm³/mol. The fourth-order valence-corrected chi connectivity index (χ4v) is 4.31. The first-order valence-electron chi connectivity index (χ1n) is 10.4. The van der Waals surface area contributed by atoms with Gasteiger partial charge in [-0.3, -0.25) is 9.89 Å². The molecule has 1 fully saturated rings. The van der Waals surface area contributed by atoms with E-state index >= 15 is 0 Å². The van der Waals surface area contributed by atoms with Gasteiger partial charge in [0.05, 0.1) is 30.5 Å². The highest BCUT2D eigenvalue weighted by atomic mass is 127. The molecule has 0 aliphatic carbocycles. The first-order chi connectivity index (χ1) is 13.2. The van der Waals surface area contributed by atoms with E-state index in [-0.39, 0.29) is 24.0 Å². The minimum atomic E-state index is 0. The van der Waals surface area contributed by atoms with Crippen molar-refractivity contribution in [3.8, 4) is 0 Å². The molecular formula is C20H38IN5OS. The lowest BCUT2D eigenvalue weighted by atomic mass is 9.92. The van der Waals surface area contributed by atoms with Crippen molar-refractivity contribution in [1.82, 2.24) is 20.5 Å². The fraction of sp³-hybridized carbons (Fsp3) is 0.800. The van der Waals surface area contributed by atoms with Gasteiger partial charge >= 0.3 is 0 Å². The Kier molecular flexibility index (Phi) is 13.3. The molecule has 1 aromatic rings. The maximum Gasteiger partial charge on any atom is 0.191 e. The summed E-state index contributed by atoms with van der Waals surface area (Å²) in [6.45, 7) is 15.0. The molecule has 2 rings (SSSR count). The molecule has 1 saturated heterocycles. The number of rotatable bonds is 10. The van der Waals surface area contributed by atoms with Gasteiger partial charge in [0.1, 0.15) is 0 Å². The normalized spacial score (nSPS) is 16.7. The van der Waals surface area contributed by atoms with Crippen molar-refractivity contribution in [2.75, 3.05) is 45.9 Å². The van der Waals surface area contributed by atoms with Crippen molar-refractivity contribution in [3.05, 3.63) is 16.1 Å². The molecule has 28 heavy (non-hydrogen) atoms. The molecule has 1 atom stereocenters. The van der Waals surface area contributed by atoms with E-state index in [2.05, 4.69) is 53.6 Å². The molecule has 1 unspecified atom stereocenters. The SMILES string of the molecule is CCNC(=NCC(C(CC)CC)N1CCOCC1)NCCc1csc(C)n1.I. The van der Waals surface area contributed by atoms with Crippen LogP contribution in [0.15, 0.2) is 10.4 Å². The Morgan fingerprint density at radius 3 is 2.54 bits per heavy atom. The van der Waals surface area contributed by atoms with E-state index in [9.17, 15) is 0 Å². The summed E-state index contributed by atoms with van der Waals surface area (Å²) in [6, 6.07) is 0.487. The lowest BCUT2D eigenvalue weighted by Crippen LogP contribution is -2.49. The molecule has 0 aromatic carbocycles. The molecule has 2 N–H and O–H groups in total. The Balaban J connectivity index is 0.00000392. The zero-order chi connectivity index (χ0) is 19.5. The summed E-state index contributed by atoms with van der Waals surface area (Å²) in [5, 5.41) is 10.1. The average Bonchev–Trinajstić information content (AvgIpc) is 3.10. The second kappa shape index (κ2) is 14.5. The van der Waals surface area contributed by atoms with Gasteiger partial charge in [-0.05, 0) is 19.8 Å². The van der Waals surface area contributed by atoms with Gasteiger partial charge in [-0.1, -0.05) is 26.7 Å². The van der Waals surface area contributed by atoms with Crippen LogP contribution in [-0.4, -0.2) is 67.8 Å². The number of halogens is 1. The van der Waals surface area contributed by atoms with E-state index < -0.39 is 0 Å². The third-order valence-corrected chi connectivity index (χ3v) is 6.05. The van der Waals surface area contributed by atoms with Crippen molar-refractivity contribution in [2.24, 2.45) is 10.9 Å². The van der Waals surface area contributed by atoms with Gasteiger partial charge < -0.3 is 15.4 Å². The average molecular weight is 524 g/mol. The molecule has 0 amide bonds. The fourth-order valence-electron chi connectivity index (χ4n) is 3.66. The van der Waals surface area contributed by atoms with Crippen molar-refractivity contribution in [3.63, 3.8) is 0 Å². The van der Waals surface area contributed by atoms with Crippen molar-refractivity contribution in [1.29, 1.82) is 0 Å². The number of morpholine rings is 1. The first-order valence-corrected chi connectivity index (χ1v) is 11.3. The summed E-state index contributed by atoms with van der Waals surface area (Å²) >= 11 is 1.71. The third kappa shape index (κ3) is 8.51. The van der Waals surface area contributed by atoms with E-state index in [1.807, 2.05) is 0 Å². The van der Waals surface area contributed by atoms with Crippen LogP contribution < -0.4 is 10.6 Å². The smallest absolute Gasteiger partial charge is 0.191 e. The van der Waals surface area contributed by atoms with E-state index in [1.54, 1.807) is 11.3 Å². The maximum absolute atomic E-state index is 5.55. The summed E-state index contributed by atoms with van der Waals surface area (Å²) < 4.78 is 5.55. The number of hydrogen-bond donors (Lipinski definition) is 2. The van der Waals surface area contributed by atoms with Crippen LogP contribution in [0.3, 0.4) is 0 Å². The number of guanidine groups is 1. The first kappa shape index (κ1) is 25.6. The molecule has 0 bridgehead atoms. The standard InChI is InChI=1S/C20H37N5OS.HI/c1-5-17(6-2)19(25-10-12-26-13-11-25)14-23-20(21-7-3)22-9-8-18-15-27-16(4)24-18;/h15,17,19H,5-14H2,1-4H3,(H2,21,22,23);1H. The van der Waals surface area contributed by atoms with Crippen molar-refractivity contribution >= 4 is 41.3 Å². The highest BCUT2D eigenvalue weighted by molar-refractivity contribution is 14.0. The largest absolute Gasteiger partial charge is 0.379 e. The zero-order valence-electron chi connectivity index (χ0n) is 17.9. The number of aliphatic imine (C=N–C) groups is 1. The van der Waals surface area contributed by atoms with Crippen LogP contribution in [0.5, 0.6) is 0 Å². The molecule has 0 radical (unpaired) electrons.